The van der Waals surface area contributed by atoms with Crippen molar-refractivity contribution in [1.29, 1.82) is 0 Å². The summed E-state index contributed by atoms with van der Waals surface area (Å²) in [6.07, 6.45) is -0.241. The molecule has 5 nitrogen and oxygen atoms in total. The van der Waals surface area contributed by atoms with Crippen LogP contribution < -0.4 is 5.32 Å². The molecule has 0 aromatic heterocycles. The lowest BCUT2D eigenvalue weighted by molar-refractivity contribution is 0.0159. The van der Waals surface area contributed by atoms with E-state index in [-0.39, 0.29) is 24.5 Å². The Balaban J connectivity index is 0.00000256. The number of methoxy groups -OCH3 is 1. The van der Waals surface area contributed by atoms with Crippen molar-refractivity contribution in [2.45, 2.75) is 32.4 Å². The maximum absolute atomic E-state index is 11.8. The van der Waals surface area contributed by atoms with E-state index < -0.39 is 5.60 Å². The predicted octanol–water partition coefficient (Wildman–Crippen LogP) is 1.26. The van der Waals surface area contributed by atoms with E-state index in [2.05, 4.69) is 5.32 Å². The van der Waals surface area contributed by atoms with Gasteiger partial charge in [-0.2, -0.15) is 0 Å². The summed E-state index contributed by atoms with van der Waals surface area (Å²) in [6, 6.07) is 0.200. The third-order valence-corrected chi connectivity index (χ3v) is 2.28. The number of nitrogens with zero attached hydrogens (tertiary/aromatic N) is 1. The Kier molecular flexibility index (Phi) is 6.82. The quantitative estimate of drug-likeness (QED) is 0.818. The van der Waals surface area contributed by atoms with Gasteiger partial charge < -0.3 is 19.7 Å². The number of carbonyl (C=O) groups excluding carboxylic acids is 1. The molecule has 1 saturated heterocycles. The van der Waals surface area contributed by atoms with Crippen LogP contribution in [-0.4, -0.2) is 56.0 Å². The van der Waals surface area contributed by atoms with E-state index in [1.807, 2.05) is 20.8 Å². The fourth-order valence-corrected chi connectivity index (χ4v) is 1.63. The molecule has 0 aliphatic carbocycles. The van der Waals surface area contributed by atoms with Gasteiger partial charge >= 0.3 is 6.09 Å². The minimum atomic E-state index is -0.432. The van der Waals surface area contributed by atoms with Crippen LogP contribution in [0.4, 0.5) is 4.79 Å². The van der Waals surface area contributed by atoms with Crippen molar-refractivity contribution in [1.82, 2.24) is 10.2 Å². The molecular weight excluding hydrogens is 244 g/mol. The van der Waals surface area contributed by atoms with Gasteiger partial charge in [0.2, 0.25) is 0 Å². The summed E-state index contributed by atoms with van der Waals surface area (Å²) in [6.45, 7) is 8.35. The van der Waals surface area contributed by atoms with Crippen molar-refractivity contribution in [3.8, 4) is 0 Å². The number of piperazine rings is 1. The monoisotopic (exact) mass is 266 g/mol. The zero-order chi connectivity index (χ0) is 12.2. The standard InChI is InChI=1S/C11H22N2O3.ClH/c1-11(2,3)16-10(14)13-6-5-12-9(7-13)8-15-4;/h9,12H,5-8H2,1-4H3;1H. The van der Waals surface area contributed by atoms with Crippen LogP contribution in [0.25, 0.3) is 0 Å². The molecule has 1 unspecified atom stereocenters. The third-order valence-electron chi connectivity index (χ3n) is 2.28. The zero-order valence-electron chi connectivity index (χ0n) is 11.0. The lowest BCUT2D eigenvalue weighted by Crippen LogP contribution is -2.55. The van der Waals surface area contributed by atoms with Gasteiger partial charge in [0.15, 0.2) is 0 Å². The summed E-state index contributed by atoms with van der Waals surface area (Å²) in [7, 11) is 1.66. The fourth-order valence-electron chi connectivity index (χ4n) is 1.63. The summed E-state index contributed by atoms with van der Waals surface area (Å²) >= 11 is 0. The molecule has 1 atom stereocenters. The Bertz CT molecular complexity index is 241. The molecule has 6 heteroatoms. The topological polar surface area (TPSA) is 50.8 Å². The number of hydrogen-bond acceptors (Lipinski definition) is 4. The molecule has 1 rings (SSSR count). The van der Waals surface area contributed by atoms with Crippen LogP contribution >= 0.6 is 12.4 Å². The van der Waals surface area contributed by atoms with E-state index in [4.69, 9.17) is 9.47 Å². The van der Waals surface area contributed by atoms with Gasteiger partial charge in [0.1, 0.15) is 5.60 Å². The highest BCUT2D eigenvalue weighted by Gasteiger charge is 2.27. The molecule has 0 bridgehead atoms. The number of halogens is 1. The lowest BCUT2D eigenvalue weighted by atomic mass is 10.2. The van der Waals surface area contributed by atoms with Gasteiger partial charge in [-0.3, -0.25) is 0 Å². The number of carbonyl (C=O) groups is 1. The maximum Gasteiger partial charge on any atom is 0.410 e. The smallest absolute Gasteiger partial charge is 0.410 e. The Hall–Kier alpha value is -0.520. The summed E-state index contributed by atoms with van der Waals surface area (Å²) in [5, 5.41) is 3.29. The van der Waals surface area contributed by atoms with Crippen molar-refractivity contribution in [2.24, 2.45) is 0 Å². The molecule has 1 amide bonds. The first-order valence-electron chi connectivity index (χ1n) is 5.62. The molecule has 0 saturated carbocycles. The van der Waals surface area contributed by atoms with Crippen molar-refractivity contribution < 1.29 is 14.3 Å². The van der Waals surface area contributed by atoms with Gasteiger partial charge in [0.25, 0.3) is 0 Å². The first-order valence-corrected chi connectivity index (χ1v) is 5.62. The number of rotatable bonds is 2. The largest absolute Gasteiger partial charge is 0.444 e. The van der Waals surface area contributed by atoms with Gasteiger partial charge in [0, 0.05) is 32.8 Å². The fraction of sp³-hybridized carbons (Fsp3) is 0.909. The van der Waals surface area contributed by atoms with Crippen LogP contribution in [0.5, 0.6) is 0 Å². The van der Waals surface area contributed by atoms with Crippen molar-refractivity contribution in [3.05, 3.63) is 0 Å². The molecule has 1 aliphatic heterocycles. The molecular formula is C11H23ClN2O3. The molecule has 17 heavy (non-hydrogen) atoms. The average Bonchev–Trinajstić information content (AvgIpc) is 2.16. The first-order chi connectivity index (χ1) is 7.42. The summed E-state index contributed by atoms with van der Waals surface area (Å²) in [5.74, 6) is 0. The van der Waals surface area contributed by atoms with Gasteiger partial charge in [-0.25, -0.2) is 4.79 Å². The Labute approximate surface area is 109 Å². The molecule has 1 N–H and O–H groups in total. The average molecular weight is 267 g/mol. The molecule has 1 fully saturated rings. The summed E-state index contributed by atoms with van der Waals surface area (Å²) in [5.41, 5.74) is -0.432. The van der Waals surface area contributed by atoms with Crippen molar-refractivity contribution in [3.63, 3.8) is 0 Å². The first kappa shape index (κ1) is 16.5. The number of nitrogens with one attached hydrogen (secondary N) is 1. The van der Waals surface area contributed by atoms with E-state index in [0.29, 0.717) is 19.7 Å². The number of ether oxygens (including phenoxy) is 2. The lowest BCUT2D eigenvalue weighted by Gasteiger charge is -2.34. The van der Waals surface area contributed by atoms with E-state index in [1.54, 1.807) is 12.0 Å². The molecule has 1 aliphatic rings. The summed E-state index contributed by atoms with van der Waals surface area (Å²) < 4.78 is 10.4. The predicted molar refractivity (Wildman–Crippen MR) is 68.7 cm³/mol. The highest BCUT2D eigenvalue weighted by Crippen LogP contribution is 2.11. The molecule has 0 aromatic carbocycles. The Morgan fingerprint density at radius 2 is 2.12 bits per heavy atom. The molecule has 0 spiro atoms. The van der Waals surface area contributed by atoms with E-state index in [1.165, 1.54) is 0 Å². The van der Waals surface area contributed by atoms with Crippen molar-refractivity contribution >= 4 is 18.5 Å². The van der Waals surface area contributed by atoms with Gasteiger partial charge in [-0.1, -0.05) is 0 Å². The van der Waals surface area contributed by atoms with Crippen LogP contribution in [0.3, 0.4) is 0 Å². The Morgan fingerprint density at radius 1 is 1.47 bits per heavy atom. The molecule has 102 valence electrons. The second kappa shape index (κ2) is 7.03. The Morgan fingerprint density at radius 3 is 2.65 bits per heavy atom. The summed E-state index contributed by atoms with van der Waals surface area (Å²) in [4.78, 5) is 13.5. The van der Waals surface area contributed by atoms with Crippen LogP contribution in [0, 0.1) is 0 Å². The molecule has 0 aromatic rings. The van der Waals surface area contributed by atoms with Gasteiger partial charge in [0.05, 0.1) is 6.61 Å². The van der Waals surface area contributed by atoms with Gasteiger partial charge in [-0.05, 0) is 20.8 Å². The van der Waals surface area contributed by atoms with E-state index >= 15 is 0 Å². The minimum Gasteiger partial charge on any atom is -0.444 e. The molecule has 1 heterocycles. The minimum absolute atomic E-state index is 0. The van der Waals surface area contributed by atoms with Crippen LogP contribution in [-0.2, 0) is 9.47 Å². The van der Waals surface area contributed by atoms with Crippen LogP contribution in [0.1, 0.15) is 20.8 Å². The SMILES string of the molecule is COCC1CN(C(=O)OC(C)(C)C)CCN1.Cl. The second-order valence-electron chi connectivity index (χ2n) is 5.03. The van der Waals surface area contributed by atoms with Gasteiger partial charge in [-0.15, -0.1) is 12.4 Å². The normalized spacial score (nSPS) is 20.7. The zero-order valence-corrected chi connectivity index (χ0v) is 11.8. The maximum atomic E-state index is 11.8. The van der Waals surface area contributed by atoms with Crippen LogP contribution in [0.2, 0.25) is 0 Å². The highest BCUT2D eigenvalue weighted by molar-refractivity contribution is 5.85. The van der Waals surface area contributed by atoms with E-state index in [0.717, 1.165) is 6.54 Å². The van der Waals surface area contributed by atoms with Crippen LogP contribution in [0.15, 0.2) is 0 Å². The van der Waals surface area contributed by atoms with Crippen molar-refractivity contribution in [2.75, 3.05) is 33.4 Å². The highest BCUT2D eigenvalue weighted by atomic mass is 35.5. The third kappa shape index (κ3) is 6.10. The number of hydrogen-bond donors (Lipinski definition) is 1. The second-order valence-corrected chi connectivity index (χ2v) is 5.03. The molecule has 0 radical (unpaired) electrons. The van der Waals surface area contributed by atoms with E-state index in [9.17, 15) is 4.79 Å². The number of amides is 1.